The van der Waals surface area contributed by atoms with Gasteiger partial charge < -0.3 is 15.2 Å². The molecule has 0 aromatic rings. The van der Waals surface area contributed by atoms with Crippen LogP contribution in [-0.2, 0) is 4.74 Å². The Bertz CT molecular complexity index is 144. The highest BCUT2D eigenvalue weighted by atomic mass is 16.5. The van der Waals surface area contributed by atoms with E-state index in [0.29, 0.717) is 12.6 Å². The maximum Gasteiger partial charge on any atom is 0.0900 e. The maximum atomic E-state index is 9.53. The average Bonchev–Trinajstić information content (AvgIpc) is 2.09. The van der Waals surface area contributed by atoms with Gasteiger partial charge in [0.15, 0.2) is 0 Å². The highest BCUT2D eigenvalue weighted by Gasteiger charge is 2.19. The van der Waals surface area contributed by atoms with Crippen molar-refractivity contribution in [2.75, 3.05) is 39.9 Å². The molecule has 4 nitrogen and oxygen atoms in total. The second-order valence-electron chi connectivity index (χ2n) is 3.66. The lowest BCUT2D eigenvalue weighted by Gasteiger charge is -2.35. The number of piperazine rings is 1. The molecule has 0 aliphatic carbocycles. The van der Waals surface area contributed by atoms with Gasteiger partial charge in [0.05, 0.1) is 12.7 Å². The summed E-state index contributed by atoms with van der Waals surface area (Å²) in [5.74, 6) is 0. The molecule has 0 amide bonds. The van der Waals surface area contributed by atoms with E-state index in [1.54, 1.807) is 7.11 Å². The molecule has 1 saturated heterocycles. The molecule has 1 fully saturated rings. The van der Waals surface area contributed by atoms with Crippen molar-refractivity contribution in [2.24, 2.45) is 0 Å². The zero-order valence-corrected chi connectivity index (χ0v) is 8.49. The number of hydrogen-bond donors (Lipinski definition) is 2. The third-order valence-electron chi connectivity index (χ3n) is 2.44. The molecular weight excluding hydrogens is 168 g/mol. The van der Waals surface area contributed by atoms with Gasteiger partial charge >= 0.3 is 0 Å². The van der Waals surface area contributed by atoms with Crippen molar-refractivity contribution in [3.8, 4) is 0 Å². The molecule has 4 heteroatoms. The summed E-state index contributed by atoms with van der Waals surface area (Å²) in [7, 11) is 1.62. The van der Waals surface area contributed by atoms with Gasteiger partial charge in [0.1, 0.15) is 0 Å². The number of aliphatic hydroxyl groups is 1. The quantitative estimate of drug-likeness (QED) is 0.611. The fraction of sp³-hybridized carbons (Fsp3) is 1.00. The van der Waals surface area contributed by atoms with Gasteiger partial charge in [0, 0.05) is 39.3 Å². The Kier molecular flexibility index (Phi) is 4.66. The van der Waals surface area contributed by atoms with Gasteiger partial charge in [-0.15, -0.1) is 0 Å². The highest BCUT2D eigenvalue weighted by molar-refractivity contribution is 4.77. The molecule has 2 N–H and O–H groups in total. The molecule has 0 spiro atoms. The van der Waals surface area contributed by atoms with Crippen molar-refractivity contribution in [3.05, 3.63) is 0 Å². The fourth-order valence-electron chi connectivity index (χ4n) is 1.67. The number of β-amino-alcohol motifs (C(OH)–C–C–N with tert-alkyl or cyclic N) is 1. The summed E-state index contributed by atoms with van der Waals surface area (Å²) in [6, 6.07) is 0.514. The number of ether oxygens (including phenoxy) is 1. The Balaban J connectivity index is 2.25. The molecule has 0 radical (unpaired) electrons. The van der Waals surface area contributed by atoms with Crippen LogP contribution in [0.1, 0.15) is 6.92 Å². The van der Waals surface area contributed by atoms with Crippen LogP contribution in [0.3, 0.4) is 0 Å². The molecular formula is C9H20N2O2. The average molecular weight is 188 g/mol. The third kappa shape index (κ3) is 3.60. The number of aliphatic hydroxyl groups excluding tert-OH is 1. The van der Waals surface area contributed by atoms with Crippen LogP contribution in [0.2, 0.25) is 0 Å². The molecule has 1 heterocycles. The Hall–Kier alpha value is -0.160. The van der Waals surface area contributed by atoms with E-state index < -0.39 is 0 Å². The van der Waals surface area contributed by atoms with E-state index in [4.69, 9.17) is 4.74 Å². The zero-order valence-electron chi connectivity index (χ0n) is 8.49. The molecule has 1 rings (SSSR count). The lowest BCUT2D eigenvalue weighted by atomic mass is 10.2. The predicted molar refractivity (Wildman–Crippen MR) is 51.8 cm³/mol. The molecule has 13 heavy (non-hydrogen) atoms. The topological polar surface area (TPSA) is 44.7 Å². The monoisotopic (exact) mass is 188 g/mol. The summed E-state index contributed by atoms with van der Waals surface area (Å²) in [6.45, 7) is 6.37. The molecule has 0 bridgehead atoms. The van der Waals surface area contributed by atoms with Crippen molar-refractivity contribution in [1.82, 2.24) is 10.2 Å². The third-order valence-corrected chi connectivity index (χ3v) is 2.44. The number of methoxy groups -OCH3 is 1. The molecule has 0 saturated carbocycles. The molecule has 2 atom stereocenters. The van der Waals surface area contributed by atoms with Crippen LogP contribution in [0.4, 0.5) is 0 Å². The number of nitrogens with one attached hydrogen (secondary N) is 1. The van der Waals surface area contributed by atoms with Gasteiger partial charge in [0.25, 0.3) is 0 Å². The Morgan fingerprint density at radius 1 is 1.69 bits per heavy atom. The second-order valence-corrected chi connectivity index (χ2v) is 3.66. The van der Waals surface area contributed by atoms with Crippen molar-refractivity contribution >= 4 is 0 Å². The van der Waals surface area contributed by atoms with Crippen molar-refractivity contribution in [3.63, 3.8) is 0 Å². The van der Waals surface area contributed by atoms with Crippen LogP contribution in [-0.4, -0.2) is 62.0 Å². The number of hydrogen-bond acceptors (Lipinski definition) is 4. The summed E-state index contributed by atoms with van der Waals surface area (Å²) in [5.41, 5.74) is 0. The Morgan fingerprint density at radius 2 is 2.46 bits per heavy atom. The lowest BCUT2D eigenvalue weighted by Crippen LogP contribution is -2.52. The van der Waals surface area contributed by atoms with Crippen molar-refractivity contribution in [2.45, 2.75) is 19.1 Å². The van der Waals surface area contributed by atoms with Crippen molar-refractivity contribution < 1.29 is 9.84 Å². The summed E-state index contributed by atoms with van der Waals surface area (Å²) in [5, 5.41) is 12.8. The SMILES string of the molecule is COCC(O)CN1CCNC[C@@H]1C. The van der Waals surface area contributed by atoms with Gasteiger partial charge in [-0.2, -0.15) is 0 Å². The molecule has 1 aliphatic rings. The normalized spacial score (nSPS) is 27.5. The van der Waals surface area contributed by atoms with Gasteiger partial charge in [0.2, 0.25) is 0 Å². The first-order valence-corrected chi connectivity index (χ1v) is 4.85. The standard InChI is InChI=1S/C9H20N2O2/c1-8-5-10-3-4-11(8)6-9(12)7-13-2/h8-10,12H,3-7H2,1-2H3/t8-,9?/m0/s1. The number of nitrogens with zero attached hydrogens (tertiary/aromatic N) is 1. The van der Waals surface area contributed by atoms with Crippen LogP contribution < -0.4 is 5.32 Å². The van der Waals surface area contributed by atoms with E-state index in [0.717, 1.165) is 26.2 Å². The Morgan fingerprint density at radius 3 is 3.08 bits per heavy atom. The fourth-order valence-corrected chi connectivity index (χ4v) is 1.67. The van der Waals surface area contributed by atoms with E-state index in [9.17, 15) is 5.11 Å². The van der Waals surface area contributed by atoms with Gasteiger partial charge in [-0.25, -0.2) is 0 Å². The summed E-state index contributed by atoms with van der Waals surface area (Å²) < 4.78 is 4.89. The van der Waals surface area contributed by atoms with E-state index in [-0.39, 0.29) is 6.10 Å². The molecule has 1 aliphatic heterocycles. The molecule has 0 aromatic carbocycles. The van der Waals surface area contributed by atoms with Crippen LogP contribution in [0, 0.1) is 0 Å². The summed E-state index contributed by atoms with van der Waals surface area (Å²) in [4.78, 5) is 2.29. The first kappa shape index (κ1) is 10.9. The van der Waals surface area contributed by atoms with E-state index in [1.165, 1.54) is 0 Å². The first-order chi connectivity index (χ1) is 6.24. The number of rotatable bonds is 4. The zero-order chi connectivity index (χ0) is 9.68. The van der Waals surface area contributed by atoms with Gasteiger partial charge in [-0.3, -0.25) is 4.90 Å². The predicted octanol–water partition coefficient (Wildman–Crippen LogP) is -0.713. The van der Waals surface area contributed by atoms with Gasteiger partial charge in [-0.1, -0.05) is 0 Å². The molecule has 78 valence electrons. The van der Waals surface area contributed by atoms with E-state index >= 15 is 0 Å². The van der Waals surface area contributed by atoms with E-state index in [1.807, 2.05) is 0 Å². The smallest absolute Gasteiger partial charge is 0.0900 e. The molecule has 0 aromatic heterocycles. The molecule has 1 unspecified atom stereocenters. The van der Waals surface area contributed by atoms with Crippen LogP contribution in [0.5, 0.6) is 0 Å². The van der Waals surface area contributed by atoms with E-state index in [2.05, 4.69) is 17.1 Å². The summed E-state index contributed by atoms with van der Waals surface area (Å²) in [6.07, 6.45) is -0.356. The maximum absolute atomic E-state index is 9.53. The largest absolute Gasteiger partial charge is 0.389 e. The highest BCUT2D eigenvalue weighted by Crippen LogP contribution is 2.03. The summed E-state index contributed by atoms with van der Waals surface area (Å²) >= 11 is 0. The van der Waals surface area contributed by atoms with Crippen molar-refractivity contribution in [1.29, 1.82) is 0 Å². The van der Waals surface area contributed by atoms with Gasteiger partial charge in [-0.05, 0) is 6.92 Å². The Labute approximate surface area is 79.9 Å². The lowest BCUT2D eigenvalue weighted by molar-refractivity contribution is 0.0237. The van der Waals surface area contributed by atoms with Crippen LogP contribution in [0.15, 0.2) is 0 Å². The minimum atomic E-state index is -0.356. The first-order valence-electron chi connectivity index (χ1n) is 4.85. The second kappa shape index (κ2) is 5.54. The minimum Gasteiger partial charge on any atom is -0.389 e. The minimum absolute atomic E-state index is 0.356. The van der Waals surface area contributed by atoms with Crippen LogP contribution >= 0.6 is 0 Å². The van der Waals surface area contributed by atoms with Crippen LogP contribution in [0.25, 0.3) is 0 Å².